The van der Waals surface area contributed by atoms with Crippen LogP contribution >= 0.6 is 23.1 Å². The van der Waals surface area contributed by atoms with E-state index in [1.807, 2.05) is 24.3 Å². The molecule has 1 aromatic carbocycles. The second-order valence-electron chi connectivity index (χ2n) is 5.14. The summed E-state index contributed by atoms with van der Waals surface area (Å²) in [4.78, 5) is 0. The van der Waals surface area contributed by atoms with Crippen molar-refractivity contribution in [3.05, 3.63) is 34.3 Å². The number of nitrogens with zero attached hydrogens (tertiary/aromatic N) is 2. The molecule has 0 unspecified atom stereocenters. The molecule has 0 aliphatic carbocycles. The van der Waals surface area contributed by atoms with Crippen LogP contribution in [0.5, 0.6) is 5.75 Å². The number of halogens is 1. The van der Waals surface area contributed by atoms with Crippen molar-refractivity contribution in [3.8, 4) is 5.75 Å². The van der Waals surface area contributed by atoms with Crippen molar-refractivity contribution in [1.29, 1.82) is 0 Å². The fourth-order valence-corrected chi connectivity index (χ4v) is 2.97. The van der Waals surface area contributed by atoms with E-state index >= 15 is 0 Å². The lowest BCUT2D eigenvalue weighted by atomic mass is 10.1. The quantitative estimate of drug-likeness (QED) is 0.868. The fourth-order valence-electron chi connectivity index (χ4n) is 2.34. The van der Waals surface area contributed by atoms with Crippen molar-refractivity contribution in [1.82, 2.24) is 9.59 Å². The van der Waals surface area contributed by atoms with Crippen LogP contribution in [-0.4, -0.2) is 28.9 Å². The van der Waals surface area contributed by atoms with Gasteiger partial charge in [0.2, 0.25) is 0 Å². The lowest BCUT2D eigenvalue weighted by Crippen LogP contribution is -2.26. The molecule has 0 bridgehead atoms. The van der Waals surface area contributed by atoms with Gasteiger partial charge in [-0.2, -0.15) is 0 Å². The first kappa shape index (κ1) is 15.5. The molecule has 0 spiro atoms. The highest BCUT2D eigenvalue weighted by atomic mass is 35.5. The van der Waals surface area contributed by atoms with E-state index in [2.05, 4.69) is 14.9 Å². The Balaban J connectivity index is 1.58. The molecule has 0 saturated carbocycles. The highest BCUT2D eigenvalue weighted by Gasteiger charge is 2.15. The largest absolute Gasteiger partial charge is 0.489 e. The molecule has 3 rings (SSSR count). The number of ether oxygens (including phenoxy) is 2. The highest BCUT2D eigenvalue weighted by molar-refractivity contribution is 7.10. The van der Waals surface area contributed by atoms with Crippen molar-refractivity contribution in [2.45, 2.75) is 31.9 Å². The third-order valence-electron chi connectivity index (χ3n) is 3.54. The van der Waals surface area contributed by atoms with Crippen molar-refractivity contribution >= 4 is 28.8 Å². The Hall–Kier alpha value is -1.37. The molecule has 2 heterocycles. The van der Waals surface area contributed by atoms with E-state index in [9.17, 15) is 0 Å². The Morgan fingerprint density at radius 2 is 2.27 bits per heavy atom. The van der Waals surface area contributed by atoms with Crippen LogP contribution in [0.1, 0.15) is 25.0 Å². The van der Waals surface area contributed by atoms with Crippen molar-refractivity contribution in [2.75, 3.05) is 18.5 Å². The lowest BCUT2D eigenvalue weighted by Gasteiger charge is -2.23. The summed E-state index contributed by atoms with van der Waals surface area (Å²) in [5, 5.41) is 7.29. The second kappa shape index (κ2) is 7.76. The van der Waals surface area contributed by atoms with E-state index in [0.29, 0.717) is 17.5 Å². The molecule has 0 radical (unpaired) electrons. The fraction of sp³-hybridized carbons (Fsp3) is 0.467. The first-order valence-electron chi connectivity index (χ1n) is 7.37. The molecule has 22 heavy (non-hydrogen) atoms. The van der Waals surface area contributed by atoms with Gasteiger partial charge in [-0.05, 0) is 31.4 Å². The minimum Gasteiger partial charge on any atom is -0.489 e. The van der Waals surface area contributed by atoms with Crippen LogP contribution in [-0.2, 0) is 11.3 Å². The van der Waals surface area contributed by atoms with Crippen molar-refractivity contribution < 1.29 is 9.47 Å². The van der Waals surface area contributed by atoms with Crippen molar-refractivity contribution in [3.63, 3.8) is 0 Å². The normalized spacial score (nSPS) is 18.1. The zero-order chi connectivity index (χ0) is 15.2. The molecule has 1 atom stereocenters. The minimum absolute atomic E-state index is 0.194. The number of rotatable bonds is 6. The van der Waals surface area contributed by atoms with Crippen LogP contribution in [0.4, 0.5) is 5.69 Å². The topological polar surface area (TPSA) is 56.3 Å². The van der Waals surface area contributed by atoms with Gasteiger partial charge in [0.25, 0.3) is 0 Å². The van der Waals surface area contributed by atoms with Crippen LogP contribution in [0.2, 0.25) is 4.34 Å². The summed E-state index contributed by atoms with van der Waals surface area (Å²) in [5.41, 5.74) is 1.67. The van der Waals surface area contributed by atoms with Gasteiger partial charge < -0.3 is 14.8 Å². The summed E-state index contributed by atoms with van der Waals surface area (Å²) < 4.78 is 16.1. The predicted molar refractivity (Wildman–Crippen MR) is 87.8 cm³/mol. The molecule has 1 fully saturated rings. The molecule has 1 aliphatic heterocycles. The number of hydrogen-bond donors (Lipinski definition) is 1. The maximum absolute atomic E-state index is 6.01. The molecule has 5 nitrogen and oxygen atoms in total. The number of benzene rings is 1. The second-order valence-corrected chi connectivity index (χ2v) is 6.50. The first-order valence-corrected chi connectivity index (χ1v) is 8.52. The highest BCUT2D eigenvalue weighted by Crippen LogP contribution is 2.26. The molecular weight excluding hydrogens is 322 g/mol. The van der Waals surface area contributed by atoms with Crippen LogP contribution in [0.3, 0.4) is 0 Å². The summed E-state index contributed by atoms with van der Waals surface area (Å²) in [6.45, 7) is 1.94. The summed E-state index contributed by atoms with van der Waals surface area (Å²) in [6, 6.07) is 7.85. The first-order chi connectivity index (χ1) is 10.8. The third-order valence-corrected chi connectivity index (χ3v) is 4.53. The van der Waals surface area contributed by atoms with Crippen molar-refractivity contribution in [2.24, 2.45) is 0 Å². The molecule has 1 aromatic heterocycles. The maximum atomic E-state index is 6.01. The number of hydrogen-bond acceptors (Lipinski definition) is 6. The van der Waals surface area contributed by atoms with Gasteiger partial charge in [0.1, 0.15) is 22.4 Å². The monoisotopic (exact) mass is 339 g/mol. The summed E-state index contributed by atoms with van der Waals surface area (Å²) in [5.74, 6) is 0.816. The Bertz CT molecular complexity index is 602. The van der Waals surface area contributed by atoms with Gasteiger partial charge in [0.15, 0.2) is 0 Å². The van der Waals surface area contributed by atoms with E-state index in [4.69, 9.17) is 21.1 Å². The molecule has 0 amide bonds. The molecule has 118 valence electrons. The van der Waals surface area contributed by atoms with Crippen LogP contribution in [0.25, 0.3) is 0 Å². The van der Waals surface area contributed by atoms with Gasteiger partial charge in [-0.25, -0.2) is 0 Å². The summed E-state index contributed by atoms with van der Waals surface area (Å²) >= 11 is 7.20. The van der Waals surface area contributed by atoms with E-state index in [1.54, 1.807) is 0 Å². The average Bonchev–Trinajstić information content (AvgIpc) is 2.98. The summed E-state index contributed by atoms with van der Waals surface area (Å²) in [6.07, 6.45) is 3.62. The molecule has 2 aromatic rings. The van der Waals surface area contributed by atoms with Crippen LogP contribution in [0, 0.1) is 0 Å². The van der Waals surface area contributed by atoms with E-state index in [0.717, 1.165) is 36.6 Å². The van der Waals surface area contributed by atoms with Gasteiger partial charge in [-0.15, -0.1) is 5.10 Å². The zero-order valence-electron chi connectivity index (χ0n) is 12.1. The van der Waals surface area contributed by atoms with Crippen LogP contribution < -0.4 is 10.1 Å². The molecule has 1 aliphatic rings. The van der Waals surface area contributed by atoms with Gasteiger partial charge in [-0.3, -0.25) is 0 Å². The molecular formula is C15H18ClN3O2S. The smallest absolute Gasteiger partial charge is 0.142 e. The van der Waals surface area contributed by atoms with Crippen LogP contribution in [0.15, 0.2) is 24.3 Å². The number of para-hydroxylation sites is 2. The van der Waals surface area contributed by atoms with E-state index in [1.165, 1.54) is 18.0 Å². The average molecular weight is 340 g/mol. The Kier molecular flexibility index (Phi) is 5.48. The maximum Gasteiger partial charge on any atom is 0.142 e. The predicted octanol–water partition coefficient (Wildman–Crippen LogP) is 3.75. The molecule has 7 heteroatoms. The Morgan fingerprint density at radius 3 is 3.05 bits per heavy atom. The van der Waals surface area contributed by atoms with Gasteiger partial charge in [0.05, 0.1) is 18.3 Å². The van der Waals surface area contributed by atoms with Gasteiger partial charge >= 0.3 is 0 Å². The van der Waals surface area contributed by atoms with Gasteiger partial charge in [0, 0.05) is 18.1 Å². The van der Waals surface area contributed by atoms with E-state index in [-0.39, 0.29) is 6.10 Å². The number of aromatic nitrogens is 2. The minimum atomic E-state index is 0.194. The lowest BCUT2D eigenvalue weighted by molar-refractivity contribution is -0.0109. The Morgan fingerprint density at radius 1 is 1.36 bits per heavy atom. The third kappa shape index (κ3) is 4.09. The zero-order valence-corrected chi connectivity index (χ0v) is 13.7. The summed E-state index contributed by atoms with van der Waals surface area (Å²) in [7, 11) is 0. The molecule has 1 saturated heterocycles. The van der Waals surface area contributed by atoms with E-state index < -0.39 is 0 Å². The SMILES string of the molecule is Clc1snnc1CNc1ccccc1OC[C@@H]1CCCCO1. The standard InChI is InChI=1S/C15H18ClN3O2S/c16-15-13(18-19-22-15)9-17-12-6-1-2-7-14(12)21-10-11-5-3-4-8-20-11/h1-2,6-7,11,17H,3-5,8-10H2/t11-/m0/s1. The number of anilines is 1. The van der Waals surface area contributed by atoms with Gasteiger partial charge in [-0.1, -0.05) is 28.2 Å². The molecule has 1 N–H and O–H groups in total. The number of nitrogens with one attached hydrogen (secondary N) is 1. The Labute approximate surface area is 138 Å².